The van der Waals surface area contributed by atoms with E-state index in [9.17, 15) is 4.79 Å². The molecule has 1 unspecified atom stereocenters. The molecule has 0 aliphatic carbocycles. The van der Waals surface area contributed by atoms with Crippen LogP contribution in [-0.4, -0.2) is 26.9 Å². The molecule has 0 aromatic carbocycles. The highest BCUT2D eigenvalue weighted by Crippen LogP contribution is 2.23. The number of aromatic nitrogens is 2. The van der Waals surface area contributed by atoms with E-state index in [1.54, 1.807) is 6.20 Å². The van der Waals surface area contributed by atoms with Crippen molar-refractivity contribution in [3.8, 4) is 0 Å². The fourth-order valence-corrected chi connectivity index (χ4v) is 1.54. The topological polar surface area (TPSA) is 81.1 Å². The molecule has 0 fully saturated rings. The molecule has 0 aliphatic heterocycles. The van der Waals surface area contributed by atoms with Crippen LogP contribution in [0.3, 0.4) is 0 Å². The number of nitrogens with zero attached hydrogens (tertiary/aromatic N) is 2. The van der Waals surface area contributed by atoms with E-state index in [1.807, 2.05) is 13.8 Å². The SMILES string of the molecule is CC(C)c1cnn(CC(N)C(=O)O)c1Cl. The summed E-state index contributed by atoms with van der Waals surface area (Å²) in [5.41, 5.74) is 6.28. The fraction of sp³-hybridized carbons (Fsp3) is 0.556. The first-order chi connectivity index (χ1) is 6.93. The molecule has 5 nitrogen and oxygen atoms in total. The lowest BCUT2D eigenvalue weighted by Gasteiger charge is -2.08. The number of carbonyl (C=O) groups is 1. The minimum absolute atomic E-state index is 0.0842. The first kappa shape index (κ1) is 12.0. The van der Waals surface area contributed by atoms with E-state index >= 15 is 0 Å². The quantitative estimate of drug-likeness (QED) is 0.812. The Hall–Kier alpha value is -1.07. The van der Waals surface area contributed by atoms with Crippen LogP contribution < -0.4 is 5.73 Å². The van der Waals surface area contributed by atoms with E-state index in [0.29, 0.717) is 5.15 Å². The minimum atomic E-state index is -1.06. The van der Waals surface area contributed by atoms with Crippen molar-refractivity contribution in [3.63, 3.8) is 0 Å². The minimum Gasteiger partial charge on any atom is -0.480 e. The Morgan fingerprint density at radius 3 is 2.73 bits per heavy atom. The molecule has 3 N–H and O–H groups in total. The smallest absolute Gasteiger partial charge is 0.322 e. The van der Waals surface area contributed by atoms with Crippen molar-refractivity contribution < 1.29 is 9.90 Å². The summed E-state index contributed by atoms with van der Waals surface area (Å²) in [6.45, 7) is 4.07. The molecule has 0 spiro atoms. The zero-order valence-electron chi connectivity index (χ0n) is 8.64. The van der Waals surface area contributed by atoms with Crippen molar-refractivity contribution in [2.45, 2.75) is 32.4 Å². The number of nitrogens with two attached hydrogens (primary N) is 1. The molecule has 0 bridgehead atoms. The first-order valence-electron chi connectivity index (χ1n) is 4.63. The maximum Gasteiger partial charge on any atom is 0.322 e. The van der Waals surface area contributed by atoms with Crippen LogP contribution in [0.4, 0.5) is 0 Å². The van der Waals surface area contributed by atoms with Gasteiger partial charge in [-0.05, 0) is 5.92 Å². The largest absolute Gasteiger partial charge is 0.480 e. The molecule has 0 aliphatic rings. The second-order valence-corrected chi connectivity index (χ2v) is 4.03. The summed E-state index contributed by atoms with van der Waals surface area (Å²) in [4.78, 5) is 10.5. The van der Waals surface area contributed by atoms with Crippen molar-refractivity contribution >= 4 is 17.6 Å². The van der Waals surface area contributed by atoms with Gasteiger partial charge in [0.15, 0.2) is 0 Å². The van der Waals surface area contributed by atoms with Crippen LogP contribution in [-0.2, 0) is 11.3 Å². The number of halogens is 1. The molecule has 15 heavy (non-hydrogen) atoms. The number of rotatable bonds is 4. The molecular weight excluding hydrogens is 218 g/mol. The average molecular weight is 232 g/mol. The highest BCUT2D eigenvalue weighted by molar-refractivity contribution is 6.30. The zero-order valence-corrected chi connectivity index (χ0v) is 9.40. The predicted molar refractivity (Wildman–Crippen MR) is 56.9 cm³/mol. The van der Waals surface area contributed by atoms with Crippen molar-refractivity contribution in [2.75, 3.05) is 0 Å². The molecule has 0 saturated heterocycles. The second-order valence-electron chi connectivity index (χ2n) is 3.67. The van der Waals surface area contributed by atoms with Gasteiger partial charge < -0.3 is 10.8 Å². The highest BCUT2D eigenvalue weighted by Gasteiger charge is 2.17. The van der Waals surface area contributed by atoms with Gasteiger partial charge in [-0.2, -0.15) is 5.10 Å². The van der Waals surface area contributed by atoms with Crippen LogP contribution in [0.25, 0.3) is 0 Å². The second kappa shape index (κ2) is 4.63. The van der Waals surface area contributed by atoms with Gasteiger partial charge in [-0.25, -0.2) is 0 Å². The summed E-state index contributed by atoms with van der Waals surface area (Å²) in [6.07, 6.45) is 1.64. The third-order valence-electron chi connectivity index (χ3n) is 2.11. The fourth-order valence-electron chi connectivity index (χ4n) is 1.16. The van der Waals surface area contributed by atoms with Gasteiger partial charge in [-0.3, -0.25) is 9.48 Å². The van der Waals surface area contributed by atoms with Crippen molar-refractivity contribution in [3.05, 3.63) is 16.9 Å². The van der Waals surface area contributed by atoms with E-state index in [2.05, 4.69) is 5.10 Å². The molecular formula is C9H14ClN3O2. The molecule has 0 amide bonds. The van der Waals surface area contributed by atoms with Gasteiger partial charge in [0, 0.05) is 5.56 Å². The number of aliphatic carboxylic acids is 1. The van der Waals surface area contributed by atoms with E-state index < -0.39 is 12.0 Å². The van der Waals surface area contributed by atoms with E-state index in [0.717, 1.165) is 5.56 Å². The summed E-state index contributed by atoms with van der Waals surface area (Å²) in [6, 6.07) is -0.984. The third-order valence-corrected chi connectivity index (χ3v) is 2.52. The molecule has 0 saturated carbocycles. The predicted octanol–water partition coefficient (Wildman–Crippen LogP) is 1.07. The van der Waals surface area contributed by atoms with Gasteiger partial charge in [0.1, 0.15) is 11.2 Å². The van der Waals surface area contributed by atoms with Gasteiger partial charge in [0.25, 0.3) is 0 Å². The van der Waals surface area contributed by atoms with Crippen LogP contribution in [0.1, 0.15) is 25.3 Å². The lowest BCUT2D eigenvalue weighted by Crippen LogP contribution is -2.35. The summed E-state index contributed by atoms with van der Waals surface area (Å²) in [5, 5.41) is 13.1. The van der Waals surface area contributed by atoms with Crippen LogP contribution >= 0.6 is 11.6 Å². The summed E-state index contributed by atoms with van der Waals surface area (Å²) >= 11 is 6.02. The maximum absolute atomic E-state index is 10.5. The normalized spacial score (nSPS) is 13.1. The molecule has 1 aromatic rings. The molecule has 1 atom stereocenters. The molecule has 84 valence electrons. The molecule has 0 radical (unpaired) electrons. The van der Waals surface area contributed by atoms with Crippen LogP contribution in [0.5, 0.6) is 0 Å². The van der Waals surface area contributed by atoms with Crippen molar-refractivity contribution in [1.82, 2.24) is 9.78 Å². The first-order valence-corrected chi connectivity index (χ1v) is 5.01. The van der Waals surface area contributed by atoms with Crippen LogP contribution in [0, 0.1) is 0 Å². The Morgan fingerprint density at radius 1 is 1.73 bits per heavy atom. The van der Waals surface area contributed by atoms with Gasteiger partial charge in [-0.1, -0.05) is 25.4 Å². The summed E-state index contributed by atoms with van der Waals surface area (Å²) < 4.78 is 1.41. The number of carboxylic acid groups (broad SMARTS) is 1. The lowest BCUT2D eigenvalue weighted by molar-refractivity contribution is -0.138. The Balaban J connectivity index is 2.83. The lowest BCUT2D eigenvalue weighted by atomic mass is 10.1. The molecule has 6 heteroatoms. The number of carboxylic acids is 1. The van der Waals surface area contributed by atoms with Gasteiger partial charge in [0.05, 0.1) is 12.7 Å². The summed E-state index contributed by atoms with van der Waals surface area (Å²) in [5.74, 6) is -0.806. The van der Waals surface area contributed by atoms with Crippen LogP contribution in [0.2, 0.25) is 5.15 Å². The van der Waals surface area contributed by atoms with E-state index in [4.69, 9.17) is 22.4 Å². The van der Waals surface area contributed by atoms with Gasteiger partial charge >= 0.3 is 5.97 Å². The monoisotopic (exact) mass is 231 g/mol. The summed E-state index contributed by atoms with van der Waals surface area (Å²) in [7, 11) is 0. The van der Waals surface area contributed by atoms with Gasteiger partial charge in [0.2, 0.25) is 0 Å². The molecule has 1 rings (SSSR count). The third kappa shape index (κ3) is 2.70. The van der Waals surface area contributed by atoms with Crippen molar-refractivity contribution in [1.29, 1.82) is 0 Å². The van der Waals surface area contributed by atoms with Crippen molar-refractivity contribution in [2.24, 2.45) is 5.73 Å². The Bertz CT molecular complexity index is 362. The van der Waals surface area contributed by atoms with Crippen LogP contribution in [0.15, 0.2) is 6.20 Å². The highest BCUT2D eigenvalue weighted by atomic mass is 35.5. The Kier molecular flexibility index (Phi) is 3.71. The number of hydrogen-bond acceptors (Lipinski definition) is 3. The standard InChI is InChI=1S/C9H14ClN3O2/c1-5(2)6-3-12-13(8(6)10)4-7(11)9(14)15/h3,5,7H,4,11H2,1-2H3,(H,14,15). The van der Waals surface area contributed by atoms with Gasteiger partial charge in [-0.15, -0.1) is 0 Å². The Morgan fingerprint density at radius 2 is 2.33 bits per heavy atom. The van der Waals surface area contributed by atoms with E-state index in [1.165, 1.54) is 4.68 Å². The maximum atomic E-state index is 10.5. The molecule has 1 heterocycles. The molecule has 1 aromatic heterocycles. The average Bonchev–Trinajstić information content (AvgIpc) is 2.48. The Labute approximate surface area is 92.8 Å². The van der Waals surface area contributed by atoms with E-state index in [-0.39, 0.29) is 12.5 Å². The zero-order chi connectivity index (χ0) is 11.6. The number of hydrogen-bond donors (Lipinski definition) is 2.